The molecule has 0 aromatic heterocycles. The third-order valence-electron chi connectivity index (χ3n) is 2.47. The van der Waals surface area contributed by atoms with Gasteiger partial charge in [-0.25, -0.2) is 0 Å². The first-order valence-corrected chi connectivity index (χ1v) is 5.69. The van der Waals surface area contributed by atoms with Gasteiger partial charge in [0.25, 0.3) is 0 Å². The Labute approximate surface area is 92.8 Å². The van der Waals surface area contributed by atoms with Crippen LogP contribution in [0.5, 0.6) is 5.75 Å². The van der Waals surface area contributed by atoms with E-state index in [4.69, 9.17) is 4.74 Å². The number of benzene rings is 1. The summed E-state index contributed by atoms with van der Waals surface area (Å²) in [5.41, 5.74) is 2.35. The molecule has 76 valence electrons. The highest BCUT2D eigenvalue weighted by Gasteiger charge is 2.19. The van der Waals surface area contributed by atoms with Crippen LogP contribution in [-0.4, -0.2) is 12.6 Å². The molecule has 1 atom stereocenters. The van der Waals surface area contributed by atoms with Gasteiger partial charge in [-0.05, 0) is 47.0 Å². The summed E-state index contributed by atoms with van der Waals surface area (Å²) in [6, 6.07) is 4.64. The molecule has 1 aliphatic heterocycles. The van der Waals surface area contributed by atoms with E-state index in [-0.39, 0.29) is 0 Å². The van der Waals surface area contributed by atoms with Crippen LogP contribution in [0.4, 0.5) is 5.69 Å². The van der Waals surface area contributed by atoms with Crippen LogP contribution in [0, 0.1) is 6.92 Å². The van der Waals surface area contributed by atoms with Crippen LogP contribution in [0.3, 0.4) is 0 Å². The molecule has 0 aliphatic carbocycles. The van der Waals surface area contributed by atoms with Gasteiger partial charge in [-0.1, -0.05) is 6.92 Å². The van der Waals surface area contributed by atoms with Gasteiger partial charge in [0, 0.05) is 0 Å². The Bertz CT molecular complexity index is 351. The van der Waals surface area contributed by atoms with Gasteiger partial charge in [-0.2, -0.15) is 0 Å². The second-order valence-corrected chi connectivity index (χ2v) is 4.54. The number of halogens is 1. The third-order valence-corrected chi connectivity index (χ3v) is 3.06. The maximum absolute atomic E-state index is 5.70. The van der Waals surface area contributed by atoms with Crippen molar-refractivity contribution in [2.75, 3.05) is 11.9 Å². The lowest BCUT2D eigenvalue weighted by Crippen LogP contribution is -2.30. The molecule has 0 saturated heterocycles. The maximum atomic E-state index is 5.70. The first kappa shape index (κ1) is 9.84. The van der Waals surface area contributed by atoms with Gasteiger partial charge in [0.05, 0.1) is 16.2 Å². The average Bonchev–Trinajstić information content (AvgIpc) is 2.16. The predicted octanol–water partition coefficient (Wildman–Crippen LogP) is 3.34. The molecule has 1 unspecified atom stereocenters. The predicted molar refractivity (Wildman–Crippen MR) is 62.1 cm³/mol. The van der Waals surface area contributed by atoms with Crippen molar-refractivity contribution < 1.29 is 4.74 Å². The quantitative estimate of drug-likeness (QED) is 0.832. The fourth-order valence-corrected chi connectivity index (χ4v) is 2.34. The van der Waals surface area contributed by atoms with Crippen LogP contribution in [0.15, 0.2) is 16.6 Å². The summed E-state index contributed by atoms with van der Waals surface area (Å²) in [6.45, 7) is 5.00. The molecular weight excluding hydrogens is 242 g/mol. The monoisotopic (exact) mass is 255 g/mol. The fraction of sp³-hybridized carbons (Fsp3) is 0.455. The Balaban J connectivity index is 2.37. The molecule has 1 aliphatic rings. The largest absolute Gasteiger partial charge is 0.488 e. The van der Waals surface area contributed by atoms with E-state index in [2.05, 4.69) is 47.2 Å². The number of aryl methyl sites for hydroxylation is 1. The molecule has 0 bridgehead atoms. The van der Waals surface area contributed by atoms with Crippen molar-refractivity contribution in [3.63, 3.8) is 0 Å². The lowest BCUT2D eigenvalue weighted by molar-refractivity contribution is 0.280. The zero-order valence-corrected chi connectivity index (χ0v) is 10.0. The van der Waals surface area contributed by atoms with E-state index < -0.39 is 0 Å². The summed E-state index contributed by atoms with van der Waals surface area (Å²) in [5, 5.41) is 3.47. The Morgan fingerprint density at radius 2 is 2.36 bits per heavy atom. The van der Waals surface area contributed by atoms with Crippen LogP contribution in [0.1, 0.15) is 18.9 Å². The molecular formula is C11H14BrNO. The van der Waals surface area contributed by atoms with Crippen LogP contribution in [0.2, 0.25) is 0 Å². The number of ether oxygens (including phenoxy) is 1. The highest BCUT2D eigenvalue weighted by atomic mass is 79.9. The second-order valence-electron chi connectivity index (χ2n) is 3.68. The Hall–Kier alpha value is -0.700. The number of nitrogens with one attached hydrogen (secondary N) is 1. The molecule has 1 heterocycles. The number of anilines is 1. The van der Waals surface area contributed by atoms with Crippen LogP contribution < -0.4 is 10.1 Å². The summed E-state index contributed by atoms with van der Waals surface area (Å²) in [5.74, 6) is 0.945. The maximum Gasteiger partial charge on any atom is 0.156 e. The normalized spacial score (nSPS) is 19.5. The summed E-state index contributed by atoms with van der Waals surface area (Å²) < 4.78 is 6.74. The lowest BCUT2D eigenvalue weighted by Gasteiger charge is -2.27. The van der Waals surface area contributed by atoms with Crippen molar-refractivity contribution in [2.45, 2.75) is 26.3 Å². The van der Waals surface area contributed by atoms with Gasteiger partial charge in [0.1, 0.15) is 6.61 Å². The van der Waals surface area contributed by atoms with E-state index in [1.165, 1.54) is 5.56 Å². The first-order valence-electron chi connectivity index (χ1n) is 4.90. The minimum atomic E-state index is 0.441. The van der Waals surface area contributed by atoms with E-state index in [1.54, 1.807) is 0 Å². The molecule has 2 nitrogen and oxygen atoms in total. The van der Waals surface area contributed by atoms with Gasteiger partial charge in [-0.15, -0.1) is 0 Å². The van der Waals surface area contributed by atoms with E-state index in [0.717, 1.165) is 28.9 Å². The smallest absolute Gasteiger partial charge is 0.156 e. The van der Waals surface area contributed by atoms with Gasteiger partial charge in [0.2, 0.25) is 0 Å². The molecule has 1 aromatic carbocycles. The molecule has 1 N–H and O–H groups in total. The summed E-state index contributed by atoms with van der Waals surface area (Å²) in [7, 11) is 0. The lowest BCUT2D eigenvalue weighted by atomic mass is 10.1. The van der Waals surface area contributed by atoms with Crippen molar-refractivity contribution in [3.8, 4) is 5.75 Å². The number of rotatable bonds is 1. The fourth-order valence-electron chi connectivity index (χ4n) is 1.65. The van der Waals surface area contributed by atoms with Gasteiger partial charge in [-0.3, -0.25) is 0 Å². The van der Waals surface area contributed by atoms with Gasteiger partial charge < -0.3 is 10.1 Å². The van der Waals surface area contributed by atoms with E-state index in [9.17, 15) is 0 Å². The molecule has 2 rings (SSSR count). The van der Waals surface area contributed by atoms with E-state index >= 15 is 0 Å². The Kier molecular flexibility index (Phi) is 2.68. The molecule has 0 spiro atoms. The first-order chi connectivity index (χ1) is 6.70. The Morgan fingerprint density at radius 1 is 1.57 bits per heavy atom. The Morgan fingerprint density at radius 3 is 3.07 bits per heavy atom. The molecule has 0 saturated carbocycles. The summed E-state index contributed by atoms with van der Waals surface area (Å²) >= 11 is 3.51. The summed E-state index contributed by atoms with van der Waals surface area (Å²) in [6.07, 6.45) is 1.09. The topological polar surface area (TPSA) is 21.3 Å². The van der Waals surface area contributed by atoms with Crippen LogP contribution >= 0.6 is 15.9 Å². The van der Waals surface area contributed by atoms with Crippen LogP contribution in [0.25, 0.3) is 0 Å². The van der Waals surface area contributed by atoms with Crippen molar-refractivity contribution >= 4 is 21.6 Å². The highest BCUT2D eigenvalue weighted by Crippen LogP contribution is 2.37. The van der Waals surface area contributed by atoms with Crippen molar-refractivity contribution in [1.29, 1.82) is 0 Å². The SMILES string of the molecule is CCC1COc2c(Br)cc(C)cc2N1. The number of fused-ring (bicyclic) bond motifs is 1. The zero-order valence-electron chi connectivity index (χ0n) is 8.43. The standard InChI is InChI=1S/C11H14BrNO/c1-3-8-6-14-11-9(12)4-7(2)5-10(11)13-8/h4-5,8,13H,3,6H2,1-2H3. The second kappa shape index (κ2) is 3.81. The van der Waals surface area contributed by atoms with Crippen molar-refractivity contribution in [2.24, 2.45) is 0 Å². The summed E-state index contributed by atoms with van der Waals surface area (Å²) in [4.78, 5) is 0. The molecule has 3 heteroatoms. The van der Waals surface area contributed by atoms with E-state index in [0.29, 0.717) is 6.04 Å². The van der Waals surface area contributed by atoms with E-state index in [1.807, 2.05) is 0 Å². The van der Waals surface area contributed by atoms with Crippen LogP contribution in [-0.2, 0) is 0 Å². The minimum Gasteiger partial charge on any atom is -0.488 e. The van der Waals surface area contributed by atoms with Crippen molar-refractivity contribution in [3.05, 3.63) is 22.2 Å². The highest BCUT2D eigenvalue weighted by molar-refractivity contribution is 9.10. The van der Waals surface area contributed by atoms with Gasteiger partial charge in [0.15, 0.2) is 5.75 Å². The zero-order chi connectivity index (χ0) is 10.1. The molecule has 14 heavy (non-hydrogen) atoms. The average molecular weight is 256 g/mol. The molecule has 0 amide bonds. The number of hydrogen-bond donors (Lipinski definition) is 1. The van der Waals surface area contributed by atoms with Gasteiger partial charge >= 0.3 is 0 Å². The molecule has 0 fully saturated rings. The minimum absolute atomic E-state index is 0.441. The number of hydrogen-bond acceptors (Lipinski definition) is 2. The van der Waals surface area contributed by atoms with Crippen molar-refractivity contribution in [1.82, 2.24) is 0 Å². The molecule has 1 aromatic rings. The third kappa shape index (κ3) is 1.73. The molecule has 0 radical (unpaired) electrons.